The molecule has 0 spiro atoms. The van der Waals surface area contributed by atoms with Gasteiger partial charge in [-0.2, -0.15) is 0 Å². The van der Waals surface area contributed by atoms with Gasteiger partial charge in [0.1, 0.15) is 5.69 Å². The summed E-state index contributed by atoms with van der Waals surface area (Å²) in [5.74, 6) is 0. The number of halogens is 1. The van der Waals surface area contributed by atoms with Crippen molar-refractivity contribution in [2.75, 3.05) is 0 Å². The first-order valence-electron chi connectivity index (χ1n) is 4.81. The summed E-state index contributed by atoms with van der Waals surface area (Å²) in [6, 6.07) is 3.85. The van der Waals surface area contributed by atoms with E-state index in [0.29, 0.717) is 12.1 Å². The van der Waals surface area contributed by atoms with Crippen LogP contribution in [-0.4, -0.2) is 9.97 Å². The zero-order valence-corrected chi connectivity index (χ0v) is 10.2. The largest absolute Gasteiger partial charge is 0.319 e. The number of aromatic nitrogens is 2. The van der Waals surface area contributed by atoms with E-state index < -0.39 is 0 Å². The van der Waals surface area contributed by atoms with E-state index in [0.717, 1.165) is 21.1 Å². The number of hydrogen-bond donors (Lipinski definition) is 1. The minimum absolute atomic E-state index is 0.0915. The molecule has 1 aromatic heterocycles. The van der Waals surface area contributed by atoms with E-state index in [2.05, 4.69) is 25.9 Å². The maximum absolute atomic E-state index is 11.6. The van der Waals surface area contributed by atoms with Crippen LogP contribution in [0.25, 0.3) is 11.0 Å². The predicted molar refractivity (Wildman–Crippen MR) is 64.2 cm³/mol. The third kappa shape index (κ3) is 1.69. The topological polar surface area (TPSA) is 45.8 Å². The molecule has 0 fully saturated rings. The number of benzene rings is 1. The molecule has 1 aromatic carbocycles. The summed E-state index contributed by atoms with van der Waals surface area (Å²) >= 11 is 3.43. The van der Waals surface area contributed by atoms with Crippen LogP contribution in [0.1, 0.15) is 18.2 Å². The van der Waals surface area contributed by atoms with Gasteiger partial charge in [-0.1, -0.05) is 22.9 Å². The summed E-state index contributed by atoms with van der Waals surface area (Å²) in [6.07, 6.45) is 0.653. The molecular formula is C11H11BrN2O. The first-order chi connectivity index (χ1) is 7.13. The number of nitrogens with one attached hydrogen (secondary N) is 1. The minimum atomic E-state index is -0.0915. The van der Waals surface area contributed by atoms with Gasteiger partial charge in [-0.25, -0.2) is 4.98 Å². The van der Waals surface area contributed by atoms with Crippen molar-refractivity contribution in [2.45, 2.75) is 20.3 Å². The van der Waals surface area contributed by atoms with Crippen LogP contribution in [0.2, 0.25) is 0 Å². The summed E-state index contributed by atoms with van der Waals surface area (Å²) < 4.78 is 0.983. The van der Waals surface area contributed by atoms with Gasteiger partial charge in [0.25, 0.3) is 5.56 Å². The molecule has 3 nitrogen and oxygen atoms in total. The van der Waals surface area contributed by atoms with E-state index >= 15 is 0 Å². The molecule has 1 N–H and O–H groups in total. The monoisotopic (exact) mass is 266 g/mol. The van der Waals surface area contributed by atoms with E-state index in [-0.39, 0.29) is 5.56 Å². The highest BCUT2D eigenvalue weighted by Gasteiger charge is 2.06. The average Bonchev–Trinajstić information content (AvgIpc) is 2.24. The first-order valence-corrected chi connectivity index (χ1v) is 5.60. The number of aryl methyl sites for hydroxylation is 2. The van der Waals surface area contributed by atoms with Gasteiger partial charge in [-0.3, -0.25) is 4.79 Å². The zero-order chi connectivity index (χ0) is 11.0. The van der Waals surface area contributed by atoms with Gasteiger partial charge in [0.2, 0.25) is 0 Å². The number of fused-ring (bicyclic) bond motifs is 1. The molecule has 0 unspecified atom stereocenters. The van der Waals surface area contributed by atoms with Gasteiger partial charge < -0.3 is 4.98 Å². The minimum Gasteiger partial charge on any atom is -0.319 e. The van der Waals surface area contributed by atoms with Crippen molar-refractivity contribution in [3.63, 3.8) is 0 Å². The molecular weight excluding hydrogens is 256 g/mol. The smallest absolute Gasteiger partial charge is 0.270 e. The lowest BCUT2D eigenvalue weighted by Gasteiger charge is -2.04. The molecule has 0 saturated carbocycles. The Balaban J connectivity index is 2.87. The van der Waals surface area contributed by atoms with Crippen molar-refractivity contribution in [1.29, 1.82) is 0 Å². The Hall–Kier alpha value is -1.16. The van der Waals surface area contributed by atoms with Crippen LogP contribution in [0.3, 0.4) is 0 Å². The molecule has 4 heteroatoms. The average molecular weight is 267 g/mol. The van der Waals surface area contributed by atoms with Crippen LogP contribution >= 0.6 is 15.9 Å². The highest BCUT2D eigenvalue weighted by molar-refractivity contribution is 9.10. The van der Waals surface area contributed by atoms with E-state index in [1.54, 1.807) is 0 Å². The summed E-state index contributed by atoms with van der Waals surface area (Å²) in [7, 11) is 0. The molecule has 2 rings (SSSR count). The van der Waals surface area contributed by atoms with E-state index in [1.807, 2.05) is 26.0 Å². The van der Waals surface area contributed by atoms with Crippen LogP contribution in [0.4, 0.5) is 0 Å². The summed E-state index contributed by atoms with van der Waals surface area (Å²) in [6.45, 7) is 3.88. The van der Waals surface area contributed by atoms with E-state index in [9.17, 15) is 4.79 Å². The van der Waals surface area contributed by atoms with Crippen LogP contribution in [0.15, 0.2) is 21.4 Å². The van der Waals surface area contributed by atoms with Crippen molar-refractivity contribution in [3.8, 4) is 0 Å². The maximum atomic E-state index is 11.6. The second-order valence-corrected chi connectivity index (χ2v) is 4.29. The molecule has 0 atom stereocenters. The first kappa shape index (κ1) is 10.4. The molecule has 0 radical (unpaired) electrons. The van der Waals surface area contributed by atoms with Crippen LogP contribution in [0.5, 0.6) is 0 Å². The van der Waals surface area contributed by atoms with Crippen molar-refractivity contribution in [2.24, 2.45) is 0 Å². The molecule has 0 aliphatic carbocycles. The third-order valence-corrected chi connectivity index (χ3v) is 3.33. The van der Waals surface area contributed by atoms with Crippen LogP contribution in [-0.2, 0) is 6.42 Å². The lowest BCUT2D eigenvalue weighted by molar-refractivity contribution is 0.994. The standard InChI is InChI=1S/C11H11BrN2O/c1-3-8-11(15)14-10-6(2)7(12)4-5-9(10)13-8/h4-5H,3H2,1-2H3,(H,14,15). The summed E-state index contributed by atoms with van der Waals surface area (Å²) in [5, 5.41) is 0. The molecule has 0 amide bonds. The van der Waals surface area contributed by atoms with Gasteiger partial charge in [-0.15, -0.1) is 0 Å². The van der Waals surface area contributed by atoms with Crippen molar-refractivity contribution in [1.82, 2.24) is 9.97 Å². The fraction of sp³-hybridized carbons (Fsp3) is 0.273. The van der Waals surface area contributed by atoms with E-state index in [4.69, 9.17) is 0 Å². The molecule has 0 bridgehead atoms. The fourth-order valence-electron chi connectivity index (χ4n) is 1.54. The number of hydrogen-bond acceptors (Lipinski definition) is 2. The molecule has 1 heterocycles. The second-order valence-electron chi connectivity index (χ2n) is 3.43. The van der Waals surface area contributed by atoms with Crippen LogP contribution in [0, 0.1) is 6.92 Å². The molecule has 0 aliphatic rings. The van der Waals surface area contributed by atoms with Crippen LogP contribution < -0.4 is 5.56 Å². The van der Waals surface area contributed by atoms with Gasteiger partial charge in [0.05, 0.1) is 11.0 Å². The predicted octanol–water partition coefficient (Wildman–Crippen LogP) is 2.56. The quantitative estimate of drug-likeness (QED) is 0.863. The molecule has 78 valence electrons. The Morgan fingerprint density at radius 1 is 1.47 bits per heavy atom. The van der Waals surface area contributed by atoms with Gasteiger partial charge in [0.15, 0.2) is 0 Å². The zero-order valence-electron chi connectivity index (χ0n) is 8.60. The lowest BCUT2D eigenvalue weighted by atomic mass is 10.2. The Labute approximate surface area is 95.7 Å². The second kappa shape index (κ2) is 3.77. The molecule has 2 aromatic rings. The number of nitrogens with zero attached hydrogens (tertiary/aromatic N) is 1. The maximum Gasteiger partial charge on any atom is 0.270 e. The summed E-state index contributed by atoms with van der Waals surface area (Å²) in [4.78, 5) is 18.8. The normalized spacial score (nSPS) is 10.9. The molecule has 0 saturated heterocycles. The SMILES string of the molecule is CCc1nc2ccc(Br)c(C)c2[nH]c1=O. The fourth-order valence-corrected chi connectivity index (χ4v) is 1.87. The summed E-state index contributed by atoms with van der Waals surface area (Å²) in [5.41, 5.74) is 3.16. The molecule has 0 aliphatic heterocycles. The Morgan fingerprint density at radius 2 is 2.20 bits per heavy atom. The van der Waals surface area contributed by atoms with Gasteiger partial charge >= 0.3 is 0 Å². The van der Waals surface area contributed by atoms with Crippen molar-refractivity contribution < 1.29 is 0 Å². The lowest BCUT2D eigenvalue weighted by Crippen LogP contribution is -2.14. The molecule has 15 heavy (non-hydrogen) atoms. The van der Waals surface area contributed by atoms with Crippen molar-refractivity contribution in [3.05, 3.63) is 38.2 Å². The number of rotatable bonds is 1. The van der Waals surface area contributed by atoms with Gasteiger partial charge in [-0.05, 0) is 31.0 Å². The Morgan fingerprint density at radius 3 is 2.87 bits per heavy atom. The van der Waals surface area contributed by atoms with Crippen molar-refractivity contribution >= 4 is 27.0 Å². The third-order valence-electron chi connectivity index (χ3n) is 2.47. The van der Waals surface area contributed by atoms with Gasteiger partial charge in [0, 0.05) is 4.47 Å². The Kier molecular flexibility index (Phi) is 2.61. The number of H-pyrrole nitrogens is 1. The van der Waals surface area contributed by atoms with E-state index in [1.165, 1.54) is 0 Å². The Bertz CT molecular complexity index is 575. The highest BCUT2D eigenvalue weighted by atomic mass is 79.9. The highest BCUT2D eigenvalue weighted by Crippen LogP contribution is 2.22. The number of aromatic amines is 1.